The van der Waals surface area contributed by atoms with E-state index in [2.05, 4.69) is 37.4 Å². The zero-order chi connectivity index (χ0) is 21.8. The van der Waals surface area contributed by atoms with Gasteiger partial charge in [0.2, 0.25) is 11.9 Å². The fourth-order valence-electron chi connectivity index (χ4n) is 4.73. The quantitative estimate of drug-likeness (QED) is 0.445. The molecule has 9 heteroatoms. The molecule has 1 saturated carbocycles. The Balaban J connectivity index is 1.44. The number of piperazine rings is 1. The van der Waals surface area contributed by atoms with Crippen LogP contribution in [0.4, 0.5) is 5.95 Å². The Morgan fingerprint density at radius 2 is 2.06 bits per heavy atom. The second kappa shape index (κ2) is 7.71. The number of halogens is 1. The molecule has 1 aliphatic carbocycles. The van der Waals surface area contributed by atoms with Crippen LogP contribution < -0.4 is 4.90 Å². The van der Waals surface area contributed by atoms with Crippen LogP contribution in [0.3, 0.4) is 0 Å². The highest BCUT2D eigenvalue weighted by atomic mass is 35.5. The van der Waals surface area contributed by atoms with E-state index >= 15 is 0 Å². The van der Waals surface area contributed by atoms with Gasteiger partial charge in [-0.3, -0.25) is 4.79 Å². The summed E-state index contributed by atoms with van der Waals surface area (Å²) in [5.41, 5.74) is 1.57. The summed E-state index contributed by atoms with van der Waals surface area (Å²) in [7, 11) is 0. The van der Waals surface area contributed by atoms with Crippen molar-refractivity contribution in [2.24, 2.45) is 5.92 Å². The Kier molecular flexibility index (Phi) is 4.80. The highest BCUT2D eigenvalue weighted by Crippen LogP contribution is 2.33. The van der Waals surface area contributed by atoms with Gasteiger partial charge in [-0.05, 0) is 49.4 Å². The number of amides is 1. The molecule has 4 aromatic rings. The highest BCUT2D eigenvalue weighted by molar-refractivity contribution is 7.13. The lowest BCUT2D eigenvalue weighted by atomic mass is 9.84. The fourth-order valence-corrected chi connectivity index (χ4v) is 5.59. The van der Waals surface area contributed by atoms with Crippen molar-refractivity contribution < 1.29 is 4.79 Å². The zero-order valence-electron chi connectivity index (χ0n) is 17.7. The van der Waals surface area contributed by atoms with Gasteiger partial charge in [0.1, 0.15) is 0 Å². The van der Waals surface area contributed by atoms with Crippen molar-refractivity contribution in [3.05, 3.63) is 40.7 Å². The molecule has 4 heterocycles. The van der Waals surface area contributed by atoms with Crippen LogP contribution in [0, 0.1) is 5.92 Å². The zero-order valence-corrected chi connectivity index (χ0v) is 19.3. The molecule has 2 aliphatic rings. The minimum absolute atomic E-state index is 0.116. The van der Waals surface area contributed by atoms with E-state index in [1.165, 1.54) is 6.42 Å². The first-order chi connectivity index (χ1) is 15.6. The first kappa shape index (κ1) is 19.9. The average molecular weight is 467 g/mol. The molecule has 0 bridgehead atoms. The van der Waals surface area contributed by atoms with Crippen molar-refractivity contribution in [1.82, 2.24) is 24.5 Å². The summed E-state index contributed by atoms with van der Waals surface area (Å²) in [6.45, 7) is 4.27. The minimum Gasteiger partial charge on any atom is -0.338 e. The molecular formula is C23H23ClN6OS. The Hall–Kier alpha value is -2.71. The number of carbonyl (C=O) groups is 1. The number of aromatic nitrogens is 4. The predicted molar refractivity (Wildman–Crippen MR) is 127 cm³/mol. The number of carbonyl (C=O) groups excluding carboxylic acids is 1. The summed E-state index contributed by atoms with van der Waals surface area (Å²) in [6.07, 6.45) is 3.24. The maximum absolute atomic E-state index is 12.9. The Morgan fingerprint density at radius 1 is 1.19 bits per heavy atom. The second-order valence-electron chi connectivity index (χ2n) is 8.69. The third-order valence-electron chi connectivity index (χ3n) is 6.67. The monoisotopic (exact) mass is 466 g/mol. The Labute approximate surface area is 194 Å². The van der Waals surface area contributed by atoms with Gasteiger partial charge in [-0.1, -0.05) is 24.1 Å². The maximum Gasteiger partial charge on any atom is 0.226 e. The van der Waals surface area contributed by atoms with E-state index in [0.717, 1.165) is 52.6 Å². The standard InChI is InChI=1S/C23H23ClN6OS/c1-14-13-28(9-10-29(14)22(31)15-4-2-5-15)23-25-18-12-16(24)7-8-17(18)20-26-27-21(30(20)23)19-6-3-11-32-19/h3,6-8,11-12,14-15H,2,4-5,9-10,13H2,1H3/t14-/m1/s1. The molecule has 0 N–H and O–H groups in total. The number of fused-ring (bicyclic) bond motifs is 3. The summed E-state index contributed by atoms with van der Waals surface area (Å²) in [4.78, 5) is 23.3. The molecule has 32 heavy (non-hydrogen) atoms. The van der Waals surface area contributed by atoms with Gasteiger partial charge in [-0.25, -0.2) is 9.38 Å². The highest BCUT2D eigenvalue weighted by Gasteiger charge is 2.35. The van der Waals surface area contributed by atoms with Gasteiger partial charge >= 0.3 is 0 Å². The van der Waals surface area contributed by atoms with Crippen molar-refractivity contribution in [2.75, 3.05) is 24.5 Å². The van der Waals surface area contributed by atoms with E-state index in [1.54, 1.807) is 11.3 Å². The molecule has 7 nitrogen and oxygen atoms in total. The van der Waals surface area contributed by atoms with E-state index in [0.29, 0.717) is 24.0 Å². The third kappa shape index (κ3) is 3.16. The van der Waals surface area contributed by atoms with Gasteiger partial charge in [-0.2, -0.15) is 0 Å². The lowest BCUT2D eigenvalue weighted by molar-refractivity contribution is -0.140. The predicted octanol–water partition coefficient (Wildman–Crippen LogP) is 4.50. The molecule has 1 aliphatic heterocycles. The summed E-state index contributed by atoms with van der Waals surface area (Å²) in [5, 5.41) is 12.7. The summed E-state index contributed by atoms with van der Waals surface area (Å²) in [5.74, 6) is 2.12. The largest absolute Gasteiger partial charge is 0.338 e. The third-order valence-corrected chi connectivity index (χ3v) is 7.77. The van der Waals surface area contributed by atoms with Crippen molar-refractivity contribution in [1.29, 1.82) is 0 Å². The number of hydrogen-bond donors (Lipinski definition) is 0. The van der Waals surface area contributed by atoms with Crippen molar-refractivity contribution in [3.63, 3.8) is 0 Å². The average Bonchev–Trinajstić information content (AvgIpc) is 3.41. The smallest absolute Gasteiger partial charge is 0.226 e. The molecule has 6 rings (SSSR count). The molecule has 2 fully saturated rings. The van der Waals surface area contributed by atoms with E-state index < -0.39 is 0 Å². The van der Waals surface area contributed by atoms with Gasteiger partial charge in [0.25, 0.3) is 0 Å². The van der Waals surface area contributed by atoms with Crippen LogP contribution >= 0.6 is 22.9 Å². The van der Waals surface area contributed by atoms with Crippen LogP contribution in [-0.4, -0.2) is 56.1 Å². The molecule has 164 valence electrons. The summed E-state index contributed by atoms with van der Waals surface area (Å²) < 4.78 is 2.05. The molecule has 1 atom stereocenters. The first-order valence-electron chi connectivity index (χ1n) is 11.0. The molecule has 0 spiro atoms. The number of anilines is 1. The van der Waals surface area contributed by atoms with Crippen molar-refractivity contribution >= 4 is 51.3 Å². The number of thiophene rings is 1. The van der Waals surface area contributed by atoms with Crippen LogP contribution in [0.25, 0.3) is 27.3 Å². The van der Waals surface area contributed by atoms with E-state index in [9.17, 15) is 4.79 Å². The van der Waals surface area contributed by atoms with Gasteiger partial charge in [0.15, 0.2) is 11.5 Å². The van der Waals surface area contributed by atoms with Gasteiger partial charge in [0.05, 0.1) is 10.4 Å². The lowest BCUT2D eigenvalue weighted by Crippen LogP contribution is -2.56. The molecular weight excluding hydrogens is 444 g/mol. The normalized spacial score (nSPS) is 19.6. The van der Waals surface area contributed by atoms with Gasteiger partial charge < -0.3 is 9.80 Å². The van der Waals surface area contributed by atoms with Gasteiger partial charge in [-0.15, -0.1) is 21.5 Å². The van der Waals surface area contributed by atoms with Crippen molar-refractivity contribution in [3.8, 4) is 10.7 Å². The second-order valence-corrected chi connectivity index (χ2v) is 10.1. The Morgan fingerprint density at radius 3 is 2.78 bits per heavy atom. The summed E-state index contributed by atoms with van der Waals surface area (Å²) >= 11 is 7.91. The van der Waals surface area contributed by atoms with Crippen molar-refractivity contribution in [2.45, 2.75) is 32.2 Å². The summed E-state index contributed by atoms with van der Waals surface area (Å²) in [6, 6.07) is 9.87. The number of nitrogens with zero attached hydrogens (tertiary/aromatic N) is 6. The first-order valence-corrected chi connectivity index (χ1v) is 12.3. The molecule has 1 amide bonds. The number of hydrogen-bond acceptors (Lipinski definition) is 6. The van der Waals surface area contributed by atoms with E-state index in [-0.39, 0.29) is 12.0 Å². The van der Waals surface area contributed by atoms with E-state index in [4.69, 9.17) is 16.6 Å². The lowest BCUT2D eigenvalue weighted by Gasteiger charge is -2.43. The molecule has 1 aromatic carbocycles. The molecule has 0 unspecified atom stereocenters. The van der Waals surface area contributed by atoms with Crippen LogP contribution in [0.15, 0.2) is 35.7 Å². The van der Waals surface area contributed by atoms with Crippen LogP contribution in [0.5, 0.6) is 0 Å². The topological polar surface area (TPSA) is 66.6 Å². The molecule has 0 radical (unpaired) electrons. The van der Waals surface area contributed by atoms with Crippen LogP contribution in [-0.2, 0) is 4.79 Å². The minimum atomic E-state index is 0.116. The van der Waals surface area contributed by atoms with E-state index in [1.807, 2.05) is 29.6 Å². The molecule has 3 aromatic heterocycles. The van der Waals surface area contributed by atoms with Crippen LogP contribution in [0.1, 0.15) is 26.2 Å². The maximum atomic E-state index is 12.9. The number of rotatable bonds is 3. The fraction of sp³-hybridized carbons (Fsp3) is 0.391. The van der Waals surface area contributed by atoms with Crippen LogP contribution in [0.2, 0.25) is 5.02 Å². The Bertz CT molecular complexity index is 1320. The number of benzene rings is 1. The SMILES string of the molecule is C[C@@H]1CN(c2nc3cc(Cl)ccc3c3nnc(-c4cccs4)n23)CCN1C(=O)C1CCC1. The molecule has 1 saturated heterocycles. The van der Waals surface area contributed by atoms with Gasteiger partial charge in [0, 0.05) is 42.0 Å².